The summed E-state index contributed by atoms with van der Waals surface area (Å²) < 4.78 is 30.8. The molecule has 3 unspecified atom stereocenters. The van der Waals surface area contributed by atoms with Gasteiger partial charge in [-0.2, -0.15) is 0 Å². The first-order valence-electron chi connectivity index (χ1n) is 35.3. The molecule has 0 rings (SSSR count). The summed E-state index contributed by atoms with van der Waals surface area (Å²) >= 11 is 0. The van der Waals surface area contributed by atoms with E-state index in [1.807, 2.05) is 33.3 Å². The number of allylic oxidation sites excluding steroid dienone is 11. The van der Waals surface area contributed by atoms with Gasteiger partial charge in [0.1, 0.15) is 19.3 Å². The molecule has 83 heavy (non-hydrogen) atoms. The zero-order chi connectivity index (χ0) is 60.7. The molecule has 3 atom stereocenters. The molecule has 0 aromatic heterocycles. The first kappa shape index (κ1) is 80.5. The number of nitrogens with one attached hydrogen (secondary N) is 1. The van der Waals surface area contributed by atoms with E-state index >= 15 is 0 Å². The van der Waals surface area contributed by atoms with Crippen LogP contribution in [-0.2, 0) is 27.9 Å². The van der Waals surface area contributed by atoms with Crippen LogP contribution >= 0.6 is 7.82 Å². The fraction of sp³-hybridized carbons (Fsp3) is 0.808. The van der Waals surface area contributed by atoms with Crippen molar-refractivity contribution in [3.63, 3.8) is 0 Å². The van der Waals surface area contributed by atoms with Gasteiger partial charge in [-0.15, -0.1) is 0 Å². The normalized spacial score (nSPS) is 14.0. The average molecular weight is 1180 g/mol. The predicted molar refractivity (Wildman–Crippen MR) is 360 cm³/mol. The Bertz CT molecular complexity index is 1650. The molecule has 0 saturated carbocycles. The van der Waals surface area contributed by atoms with Crippen molar-refractivity contribution in [1.29, 1.82) is 0 Å². The van der Waals surface area contributed by atoms with E-state index in [1.165, 1.54) is 193 Å². The molecule has 484 valence electrons. The standard InChI is InChI=1S/C73H135N2O7P/c1-7-10-13-16-19-22-25-27-29-31-33-35-36-37-38-40-41-43-45-47-50-53-56-59-62-65-72(76)74-70(69-81-83(78,79)80-68-67-75(4,5)6)71(64-61-58-55-52-49-24-21-18-15-12-9-3)82-73(77)66-63-60-57-54-51-48-46-44-42-39-34-32-30-28-26-23-20-17-14-11-8-2/h10,13,19,22,27,29,33,35,37-38,61,64,70-71H,7-9,11-12,14-18,20-21,23-26,28,30-32,34,36,39-60,62-63,65-69H2,1-6H3,(H-,74,76,78,79)/p+1/b13-10-,22-19-,29-27-,35-33-,38-37-,64-61+. The van der Waals surface area contributed by atoms with Crippen molar-refractivity contribution in [3.05, 3.63) is 72.9 Å². The monoisotopic (exact) mass is 1180 g/mol. The Kier molecular flexibility index (Phi) is 60.6. The van der Waals surface area contributed by atoms with Crippen molar-refractivity contribution in [2.45, 2.75) is 341 Å². The summed E-state index contributed by atoms with van der Waals surface area (Å²) in [5, 5.41) is 3.07. The largest absolute Gasteiger partial charge is 0.472 e. The third-order valence-corrected chi connectivity index (χ3v) is 16.6. The van der Waals surface area contributed by atoms with E-state index in [-0.39, 0.29) is 25.1 Å². The smallest absolute Gasteiger partial charge is 0.456 e. The molecule has 0 spiro atoms. The summed E-state index contributed by atoms with van der Waals surface area (Å²) in [6, 6.07) is -0.853. The quantitative estimate of drug-likeness (QED) is 0.0205. The highest BCUT2D eigenvalue weighted by atomic mass is 31.2. The minimum absolute atomic E-state index is 0.0384. The minimum atomic E-state index is -4.46. The van der Waals surface area contributed by atoms with Gasteiger partial charge in [-0.05, 0) is 76.7 Å². The molecule has 0 aliphatic rings. The van der Waals surface area contributed by atoms with Crippen molar-refractivity contribution >= 4 is 19.7 Å². The van der Waals surface area contributed by atoms with Crippen LogP contribution in [0.4, 0.5) is 0 Å². The number of phosphoric ester groups is 1. The number of nitrogens with zero attached hydrogens (tertiary/aromatic N) is 1. The lowest BCUT2D eigenvalue weighted by atomic mass is 10.0. The zero-order valence-electron chi connectivity index (χ0n) is 55.4. The molecular weight excluding hydrogens is 1050 g/mol. The number of carbonyl (C=O) groups excluding carboxylic acids is 2. The number of esters is 1. The third kappa shape index (κ3) is 63.8. The first-order chi connectivity index (χ1) is 40.4. The third-order valence-electron chi connectivity index (χ3n) is 15.7. The molecule has 0 radical (unpaired) electrons. The number of unbranched alkanes of at least 4 members (excludes halogenated alkanes) is 38. The Morgan fingerprint density at radius 3 is 1.16 bits per heavy atom. The molecule has 0 heterocycles. The van der Waals surface area contributed by atoms with E-state index in [4.69, 9.17) is 13.8 Å². The molecule has 2 N–H and O–H groups in total. The van der Waals surface area contributed by atoms with Crippen LogP contribution in [0.15, 0.2) is 72.9 Å². The van der Waals surface area contributed by atoms with Gasteiger partial charge < -0.3 is 19.4 Å². The minimum Gasteiger partial charge on any atom is -0.456 e. The van der Waals surface area contributed by atoms with Gasteiger partial charge in [0.2, 0.25) is 5.91 Å². The van der Waals surface area contributed by atoms with Crippen molar-refractivity contribution in [1.82, 2.24) is 5.32 Å². The van der Waals surface area contributed by atoms with Gasteiger partial charge in [0, 0.05) is 12.8 Å². The number of phosphoric acid groups is 1. The van der Waals surface area contributed by atoms with Crippen molar-refractivity contribution in [3.8, 4) is 0 Å². The van der Waals surface area contributed by atoms with Crippen LogP contribution in [-0.4, -0.2) is 74.3 Å². The van der Waals surface area contributed by atoms with E-state index in [0.717, 1.165) is 103 Å². The van der Waals surface area contributed by atoms with E-state index in [9.17, 15) is 19.0 Å². The molecule has 0 saturated heterocycles. The fourth-order valence-electron chi connectivity index (χ4n) is 10.3. The first-order valence-corrected chi connectivity index (χ1v) is 36.8. The van der Waals surface area contributed by atoms with Crippen molar-refractivity contribution < 1.29 is 37.3 Å². The predicted octanol–water partition coefficient (Wildman–Crippen LogP) is 22.3. The number of hydrogen-bond donors (Lipinski definition) is 2. The molecule has 10 heteroatoms. The summed E-state index contributed by atoms with van der Waals surface area (Å²) in [4.78, 5) is 37.9. The number of quaternary nitrogens is 1. The molecular formula is C73H136N2O7P+. The summed E-state index contributed by atoms with van der Waals surface area (Å²) in [6.07, 6.45) is 82.0. The van der Waals surface area contributed by atoms with Gasteiger partial charge in [-0.1, -0.05) is 312 Å². The second kappa shape index (κ2) is 62.5. The van der Waals surface area contributed by atoms with E-state index in [2.05, 4.69) is 86.8 Å². The van der Waals surface area contributed by atoms with Crippen LogP contribution in [0.1, 0.15) is 329 Å². The zero-order valence-corrected chi connectivity index (χ0v) is 56.3. The van der Waals surface area contributed by atoms with Gasteiger partial charge in [0.25, 0.3) is 0 Å². The van der Waals surface area contributed by atoms with Crippen molar-refractivity contribution in [2.24, 2.45) is 0 Å². The fourth-order valence-corrected chi connectivity index (χ4v) is 11.0. The Labute approximate surface area is 514 Å². The van der Waals surface area contributed by atoms with Crippen LogP contribution in [0.3, 0.4) is 0 Å². The van der Waals surface area contributed by atoms with Gasteiger partial charge in [0.15, 0.2) is 0 Å². The molecule has 1 amide bonds. The topological polar surface area (TPSA) is 111 Å². The average Bonchev–Trinajstić information content (AvgIpc) is 3.51. The van der Waals surface area contributed by atoms with Crippen LogP contribution < -0.4 is 5.32 Å². The second-order valence-electron chi connectivity index (χ2n) is 25.0. The van der Waals surface area contributed by atoms with Crippen molar-refractivity contribution in [2.75, 3.05) is 40.9 Å². The summed E-state index contributed by atoms with van der Waals surface area (Å²) in [6.45, 7) is 6.93. The SMILES string of the molecule is CC/C=C\C/C=C\C/C=C\C/C=C\C/C=C\CCCCCCCCCCCC(=O)NC(COP(=O)(O)OCC[N+](C)(C)C)C(/C=C/CCCCCCCCCCC)OC(=O)CCCCCCCCCCCCCCCCCCCCCCC. The lowest BCUT2D eigenvalue weighted by molar-refractivity contribution is -0.870. The highest BCUT2D eigenvalue weighted by molar-refractivity contribution is 7.47. The summed E-state index contributed by atoms with van der Waals surface area (Å²) in [5.41, 5.74) is 0. The van der Waals surface area contributed by atoms with Gasteiger partial charge in [-0.3, -0.25) is 18.6 Å². The van der Waals surface area contributed by atoms with E-state index in [1.54, 1.807) is 0 Å². The Balaban J connectivity index is 5.04. The maximum atomic E-state index is 13.6. The van der Waals surface area contributed by atoms with E-state index in [0.29, 0.717) is 23.9 Å². The molecule has 0 aliphatic heterocycles. The molecule has 9 nitrogen and oxygen atoms in total. The second-order valence-corrected chi connectivity index (χ2v) is 26.5. The summed E-state index contributed by atoms with van der Waals surface area (Å²) in [7, 11) is 1.50. The molecule has 0 aromatic rings. The maximum Gasteiger partial charge on any atom is 0.472 e. The Morgan fingerprint density at radius 2 is 0.771 bits per heavy atom. The van der Waals surface area contributed by atoms with Crippen LogP contribution in [0, 0.1) is 0 Å². The maximum absolute atomic E-state index is 13.6. The van der Waals surface area contributed by atoms with Gasteiger partial charge >= 0.3 is 13.8 Å². The van der Waals surface area contributed by atoms with Crippen LogP contribution in [0.25, 0.3) is 0 Å². The highest BCUT2D eigenvalue weighted by Gasteiger charge is 2.30. The Morgan fingerprint density at radius 1 is 0.434 bits per heavy atom. The lowest BCUT2D eigenvalue weighted by Gasteiger charge is -2.27. The summed E-state index contributed by atoms with van der Waals surface area (Å²) in [5.74, 6) is -0.501. The van der Waals surface area contributed by atoms with Gasteiger partial charge in [0.05, 0.1) is 33.8 Å². The number of likely N-dealkylation sites (N-methyl/N-ethyl adjacent to an activating group) is 1. The molecule has 0 aliphatic carbocycles. The molecule has 0 aromatic carbocycles. The highest BCUT2D eigenvalue weighted by Crippen LogP contribution is 2.43. The van der Waals surface area contributed by atoms with Crippen LogP contribution in [0.5, 0.6) is 0 Å². The lowest BCUT2D eigenvalue weighted by Crippen LogP contribution is -2.47. The molecule has 0 fully saturated rings. The Hall–Kier alpha value is -2.55. The van der Waals surface area contributed by atoms with Crippen LogP contribution in [0.2, 0.25) is 0 Å². The number of hydrogen-bond acceptors (Lipinski definition) is 6. The number of ether oxygens (including phenoxy) is 1. The number of carbonyl (C=O) groups is 2. The number of rotatable bonds is 64. The number of amides is 1. The molecule has 0 bridgehead atoms. The van der Waals surface area contributed by atoms with Gasteiger partial charge in [-0.25, -0.2) is 4.57 Å². The van der Waals surface area contributed by atoms with E-state index < -0.39 is 20.0 Å².